The predicted molar refractivity (Wildman–Crippen MR) is 57.1 cm³/mol. The second-order valence-corrected chi connectivity index (χ2v) is 4.15. The molecule has 0 fully saturated rings. The van der Waals surface area contributed by atoms with Crippen LogP contribution in [0.15, 0.2) is 24.3 Å². The smallest absolute Gasteiger partial charge is 0.0375 e. The average molecular weight is 175 g/mol. The molecule has 0 spiro atoms. The van der Waals surface area contributed by atoms with Crippen molar-refractivity contribution in [1.29, 1.82) is 0 Å². The molecule has 0 bridgehead atoms. The molecule has 70 valence electrons. The van der Waals surface area contributed by atoms with Crippen LogP contribution < -0.4 is 5.32 Å². The third kappa shape index (κ3) is 1.55. The summed E-state index contributed by atoms with van der Waals surface area (Å²) in [6, 6.07) is 8.69. The molecule has 1 aromatic carbocycles. The molecule has 1 heterocycles. The predicted octanol–water partition coefficient (Wildman–Crippen LogP) is 3.24. The van der Waals surface area contributed by atoms with Crippen LogP contribution in [-0.4, -0.2) is 6.54 Å². The summed E-state index contributed by atoms with van der Waals surface area (Å²) in [4.78, 5) is 0. The maximum absolute atomic E-state index is 3.45. The summed E-state index contributed by atoms with van der Waals surface area (Å²) in [7, 11) is 0. The summed E-state index contributed by atoms with van der Waals surface area (Å²) in [5.41, 5.74) is 2.84. The molecule has 0 amide bonds. The molecule has 1 aliphatic heterocycles. The summed E-state index contributed by atoms with van der Waals surface area (Å²) >= 11 is 0. The van der Waals surface area contributed by atoms with Gasteiger partial charge in [0, 0.05) is 12.2 Å². The minimum absolute atomic E-state index is 0.748. The number of hydrogen-bond donors (Lipinski definition) is 1. The topological polar surface area (TPSA) is 12.0 Å². The first-order chi connectivity index (χ1) is 6.29. The van der Waals surface area contributed by atoms with Crippen LogP contribution in [0.5, 0.6) is 0 Å². The molecule has 1 nitrogen and oxygen atoms in total. The Morgan fingerprint density at radius 1 is 1.31 bits per heavy atom. The minimum atomic E-state index is 0.748. The maximum atomic E-state index is 3.45. The molecule has 1 heteroatoms. The lowest BCUT2D eigenvalue weighted by molar-refractivity contribution is 0.469. The SMILES string of the molecule is CC(C)[C@H]1CCNc2ccccc21. The van der Waals surface area contributed by atoms with E-state index in [-0.39, 0.29) is 0 Å². The lowest BCUT2D eigenvalue weighted by Crippen LogP contribution is -2.19. The van der Waals surface area contributed by atoms with Gasteiger partial charge in [0.2, 0.25) is 0 Å². The average Bonchev–Trinajstić information content (AvgIpc) is 2.17. The fourth-order valence-electron chi connectivity index (χ4n) is 2.19. The van der Waals surface area contributed by atoms with Crippen LogP contribution in [0.2, 0.25) is 0 Å². The highest BCUT2D eigenvalue weighted by Crippen LogP contribution is 2.35. The van der Waals surface area contributed by atoms with E-state index in [1.54, 1.807) is 0 Å². The molecule has 0 saturated carbocycles. The maximum Gasteiger partial charge on any atom is 0.0375 e. The van der Waals surface area contributed by atoms with Crippen LogP contribution in [0.25, 0.3) is 0 Å². The summed E-state index contributed by atoms with van der Waals surface area (Å²) in [6.45, 7) is 5.75. The largest absolute Gasteiger partial charge is 0.385 e. The van der Waals surface area contributed by atoms with E-state index < -0.39 is 0 Å². The molecular weight excluding hydrogens is 158 g/mol. The van der Waals surface area contributed by atoms with Gasteiger partial charge in [-0.1, -0.05) is 32.0 Å². The lowest BCUT2D eigenvalue weighted by Gasteiger charge is -2.29. The lowest BCUT2D eigenvalue weighted by atomic mass is 9.83. The van der Waals surface area contributed by atoms with Crippen molar-refractivity contribution >= 4 is 5.69 Å². The third-order valence-electron chi connectivity index (χ3n) is 2.94. The molecule has 1 atom stereocenters. The van der Waals surface area contributed by atoms with Crippen molar-refractivity contribution in [3.63, 3.8) is 0 Å². The molecule has 1 aromatic rings. The highest BCUT2D eigenvalue weighted by molar-refractivity contribution is 5.54. The van der Waals surface area contributed by atoms with Gasteiger partial charge < -0.3 is 5.32 Å². The van der Waals surface area contributed by atoms with E-state index in [9.17, 15) is 0 Å². The Bertz CT molecular complexity index is 291. The number of rotatable bonds is 1. The fraction of sp³-hybridized carbons (Fsp3) is 0.500. The van der Waals surface area contributed by atoms with Gasteiger partial charge in [0.25, 0.3) is 0 Å². The first-order valence-electron chi connectivity index (χ1n) is 5.12. The van der Waals surface area contributed by atoms with Crippen LogP contribution >= 0.6 is 0 Å². The van der Waals surface area contributed by atoms with E-state index in [0.29, 0.717) is 0 Å². The van der Waals surface area contributed by atoms with Crippen LogP contribution in [-0.2, 0) is 0 Å². The number of anilines is 1. The van der Waals surface area contributed by atoms with Gasteiger partial charge in [0.1, 0.15) is 0 Å². The number of fused-ring (bicyclic) bond motifs is 1. The van der Waals surface area contributed by atoms with E-state index in [0.717, 1.165) is 18.4 Å². The Morgan fingerprint density at radius 2 is 2.08 bits per heavy atom. The Labute approximate surface area is 80.2 Å². The van der Waals surface area contributed by atoms with E-state index in [2.05, 4.69) is 43.4 Å². The van der Waals surface area contributed by atoms with Crippen LogP contribution in [0.1, 0.15) is 31.7 Å². The van der Waals surface area contributed by atoms with Gasteiger partial charge in [-0.25, -0.2) is 0 Å². The zero-order chi connectivity index (χ0) is 9.26. The van der Waals surface area contributed by atoms with E-state index >= 15 is 0 Å². The van der Waals surface area contributed by atoms with Gasteiger partial charge in [-0.2, -0.15) is 0 Å². The number of nitrogens with one attached hydrogen (secondary N) is 1. The van der Waals surface area contributed by atoms with Gasteiger partial charge in [0.15, 0.2) is 0 Å². The molecule has 0 unspecified atom stereocenters. The van der Waals surface area contributed by atoms with Gasteiger partial charge in [-0.15, -0.1) is 0 Å². The van der Waals surface area contributed by atoms with Crippen molar-refractivity contribution in [2.45, 2.75) is 26.2 Å². The molecule has 1 aliphatic rings. The highest BCUT2D eigenvalue weighted by atomic mass is 14.9. The third-order valence-corrected chi connectivity index (χ3v) is 2.94. The first-order valence-corrected chi connectivity index (χ1v) is 5.12. The van der Waals surface area contributed by atoms with E-state index in [4.69, 9.17) is 0 Å². The second kappa shape index (κ2) is 3.41. The summed E-state index contributed by atoms with van der Waals surface area (Å²) < 4.78 is 0. The molecule has 13 heavy (non-hydrogen) atoms. The van der Waals surface area contributed by atoms with Crippen molar-refractivity contribution in [2.75, 3.05) is 11.9 Å². The first kappa shape index (κ1) is 8.61. The minimum Gasteiger partial charge on any atom is -0.385 e. The van der Waals surface area contributed by atoms with Crippen LogP contribution in [0, 0.1) is 5.92 Å². The van der Waals surface area contributed by atoms with Gasteiger partial charge in [-0.05, 0) is 29.9 Å². The van der Waals surface area contributed by atoms with E-state index in [1.165, 1.54) is 17.7 Å². The summed E-state index contributed by atoms with van der Waals surface area (Å²) in [6.07, 6.45) is 1.27. The van der Waals surface area contributed by atoms with E-state index in [1.807, 2.05) is 0 Å². The quantitative estimate of drug-likeness (QED) is 0.691. The Hall–Kier alpha value is -0.980. The Balaban J connectivity index is 2.37. The van der Waals surface area contributed by atoms with Gasteiger partial charge >= 0.3 is 0 Å². The molecular formula is C12H17N. The molecule has 0 radical (unpaired) electrons. The summed E-state index contributed by atoms with van der Waals surface area (Å²) in [5.74, 6) is 1.50. The zero-order valence-corrected chi connectivity index (χ0v) is 8.38. The standard InChI is InChI=1S/C12H17N/c1-9(2)10-7-8-13-12-6-4-3-5-11(10)12/h3-6,9-10,13H,7-8H2,1-2H3/t10-/m1/s1. The molecule has 1 N–H and O–H groups in total. The van der Waals surface area contributed by atoms with Crippen molar-refractivity contribution in [3.8, 4) is 0 Å². The highest BCUT2D eigenvalue weighted by Gasteiger charge is 2.21. The molecule has 0 aliphatic carbocycles. The monoisotopic (exact) mass is 175 g/mol. The van der Waals surface area contributed by atoms with Gasteiger partial charge in [-0.3, -0.25) is 0 Å². The van der Waals surface area contributed by atoms with Crippen molar-refractivity contribution in [2.24, 2.45) is 5.92 Å². The zero-order valence-electron chi connectivity index (χ0n) is 8.38. The fourth-order valence-corrected chi connectivity index (χ4v) is 2.19. The van der Waals surface area contributed by atoms with Crippen LogP contribution in [0.3, 0.4) is 0 Å². The Morgan fingerprint density at radius 3 is 2.85 bits per heavy atom. The molecule has 0 saturated heterocycles. The van der Waals surface area contributed by atoms with Crippen molar-refractivity contribution < 1.29 is 0 Å². The molecule has 2 rings (SSSR count). The number of para-hydroxylation sites is 1. The second-order valence-electron chi connectivity index (χ2n) is 4.15. The van der Waals surface area contributed by atoms with Crippen molar-refractivity contribution in [3.05, 3.63) is 29.8 Å². The van der Waals surface area contributed by atoms with Gasteiger partial charge in [0.05, 0.1) is 0 Å². The molecule has 0 aromatic heterocycles. The number of benzene rings is 1. The van der Waals surface area contributed by atoms with Crippen LogP contribution in [0.4, 0.5) is 5.69 Å². The Kier molecular flexibility index (Phi) is 2.26. The summed E-state index contributed by atoms with van der Waals surface area (Å²) in [5, 5.41) is 3.45. The normalized spacial score (nSPS) is 21.0. The number of hydrogen-bond acceptors (Lipinski definition) is 1. The van der Waals surface area contributed by atoms with Crippen molar-refractivity contribution in [1.82, 2.24) is 0 Å².